The summed E-state index contributed by atoms with van der Waals surface area (Å²) >= 11 is 9.56. The second-order valence-electron chi connectivity index (χ2n) is 6.76. The van der Waals surface area contributed by atoms with Crippen LogP contribution < -0.4 is 9.47 Å². The number of aromatic nitrogens is 4. The number of H-pyrrole nitrogens is 1. The summed E-state index contributed by atoms with van der Waals surface area (Å²) in [5, 5.41) is 0.283. The van der Waals surface area contributed by atoms with E-state index in [0.29, 0.717) is 38.6 Å². The van der Waals surface area contributed by atoms with E-state index in [1.165, 1.54) is 31.6 Å². The number of ether oxygens (including phenoxy) is 2. The van der Waals surface area contributed by atoms with Crippen LogP contribution in [0.4, 0.5) is 8.78 Å². The Bertz CT molecular complexity index is 1270. The minimum Gasteiger partial charge on any atom is -0.496 e. The monoisotopic (exact) mass is 520 g/mol. The Balaban J connectivity index is 1.62. The van der Waals surface area contributed by atoms with Gasteiger partial charge in [-0.1, -0.05) is 11.6 Å². The third kappa shape index (κ3) is 4.58. The zero-order chi connectivity index (χ0) is 22.8. The highest BCUT2D eigenvalue weighted by Crippen LogP contribution is 2.38. The van der Waals surface area contributed by atoms with Crippen molar-refractivity contribution in [3.63, 3.8) is 0 Å². The molecule has 0 saturated heterocycles. The van der Waals surface area contributed by atoms with Crippen LogP contribution in [0.3, 0.4) is 0 Å². The third-order valence-corrected chi connectivity index (χ3v) is 5.33. The summed E-state index contributed by atoms with van der Waals surface area (Å²) in [5.74, 6) is 0.288. The number of hydrogen-bond donors (Lipinski definition) is 1. The maximum Gasteiger partial charge on any atom is 0.212 e. The summed E-state index contributed by atoms with van der Waals surface area (Å²) in [6.07, 6.45) is 2.24. The molecule has 3 heterocycles. The van der Waals surface area contributed by atoms with Crippen molar-refractivity contribution in [3.05, 3.63) is 75.9 Å². The molecule has 32 heavy (non-hydrogen) atoms. The molecule has 0 saturated carbocycles. The van der Waals surface area contributed by atoms with Crippen LogP contribution in [0.5, 0.6) is 11.5 Å². The first-order valence-corrected chi connectivity index (χ1v) is 10.6. The summed E-state index contributed by atoms with van der Waals surface area (Å²) in [6, 6.07) is 9.22. The maximum atomic E-state index is 14.2. The average molecular weight is 522 g/mol. The van der Waals surface area contributed by atoms with Crippen molar-refractivity contribution in [2.45, 2.75) is 13.0 Å². The molecule has 4 aromatic rings. The van der Waals surface area contributed by atoms with Gasteiger partial charge in [-0.2, -0.15) is 4.39 Å². The Kier molecular flexibility index (Phi) is 6.38. The van der Waals surface area contributed by atoms with Crippen molar-refractivity contribution < 1.29 is 18.3 Å². The molecular weight excluding hydrogens is 506 g/mol. The quantitative estimate of drug-likeness (QED) is 0.298. The summed E-state index contributed by atoms with van der Waals surface area (Å²) in [6.45, 7) is 1.70. The molecule has 0 spiro atoms. The van der Waals surface area contributed by atoms with E-state index in [1.54, 1.807) is 31.2 Å². The molecule has 0 bridgehead atoms. The van der Waals surface area contributed by atoms with Gasteiger partial charge in [0.1, 0.15) is 45.8 Å². The first-order chi connectivity index (χ1) is 15.4. The summed E-state index contributed by atoms with van der Waals surface area (Å²) in [7, 11) is 1.51. The highest BCUT2D eigenvalue weighted by atomic mass is 79.9. The molecule has 0 aliphatic rings. The zero-order valence-electron chi connectivity index (χ0n) is 16.9. The van der Waals surface area contributed by atoms with Gasteiger partial charge in [-0.3, -0.25) is 4.98 Å². The fourth-order valence-corrected chi connectivity index (χ4v) is 3.64. The Morgan fingerprint density at radius 1 is 1.09 bits per heavy atom. The van der Waals surface area contributed by atoms with Crippen LogP contribution in [0.15, 0.2) is 53.3 Å². The van der Waals surface area contributed by atoms with Gasteiger partial charge in [0, 0.05) is 34.1 Å². The second kappa shape index (κ2) is 9.22. The molecule has 1 aromatic carbocycles. The van der Waals surface area contributed by atoms with E-state index >= 15 is 0 Å². The Morgan fingerprint density at radius 2 is 1.91 bits per heavy atom. The van der Waals surface area contributed by atoms with E-state index in [0.717, 1.165) is 0 Å². The fourth-order valence-electron chi connectivity index (χ4n) is 3.11. The number of halogens is 4. The Labute approximate surface area is 195 Å². The number of hydrogen-bond acceptors (Lipinski definition) is 5. The first kappa shape index (κ1) is 22.2. The van der Waals surface area contributed by atoms with Crippen LogP contribution in [-0.2, 0) is 0 Å². The molecule has 0 radical (unpaired) electrons. The lowest BCUT2D eigenvalue weighted by Crippen LogP contribution is -2.08. The van der Waals surface area contributed by atoms with Gasteiger partial charge >= 0.3 is 0 Å². The first-order valence-electron chi connectivity index (χ1n) is 9.39. The van der Waals surface area contributed by atoms with Gasteiger partial charge in [0.05, 0.1) is 7.11 Å². The molecule has 10 heteroatoms. The van der Waals surface area contributed by atoms with E-state index in [1.807, 2.05) is 0 Å². The van der Waals surface area contributed by atoms with Gasteiger partial charge in [0.15, 0.2) is 0 Å². The molecular formula is C22H16BrClF2N4O2. The predicted octanol–water partition coefficient (Wildman–Crippen LogP) is 6.38. The minimum absolute atomic E-state index is 0.184. The molecule has 4 rings (SSSR count). The lowest BCUT2D eigenvalue weighted by molar-refractivity contribution is 0.215. The van der Waals surface area contributed by atoms with Crippen molar-refractivity contribution in [1.82, 2.24) is 19.9 Å². The fraction of sp³-hybridized carbons (Fsp3) is 0.136. The van der Waals surface area contributed by atoms with Gasteiger partial charge in [-0.05, 0) is 53.2 Å². The molecule has 164 valence electrons. The van der Waals surface area contributed by atoms with E-state index < -0.39 is 17.9 Å². The third-order valence-electron chi connectivity index (χ3n) is 4.62. The molecule has 0 aliphatic carbocycles. The summed E-state index contributed by atoms with van der Waals surface area (Å²) in [4.78, 5) is 15.2. The van der Waals surface area contributed by atoms with Crippen molar-refractivity contribution in [1.29, 1.82) is 0 Å². The van der Waals surface area contributed by atoms with E-state index in [-0.39, 0.29) is 10.8 Å². The minimum atomic E-state index is -0.634. The normalized spacial score (nSPS) is 11.9. The highest BCUT2D eigenvalue weighted by Gasteiger charge is 2.19. The van der Waals surface area contributed by atoms with Crippen LogP contribution in [-0.4, -0.2) is 27.0 Å². The SMILES string of the molecule is COc1cc(OC(C)c2ncc(Br)cc2F)ccc1-c1nc(-c2ccc(F)nc2)[nH]c1Cl. The molecule has 6 nitrogen and oxygen atoms in total. The number of imidazole rings is 1. The lowest BCUT2D eigenvalue weighted by Gasteiger charge is -2.16. The van der Waals surface area contributed by atoms with Gasteiger partial charge < -0.3 is 14.5 Å². The maximum absolute atomic E-state index is 14.2. The van der Waals surface area contributed by atoms with Crippen LogP contribution in [0.25, 0.3) is 22.6 Å². The summed E-state index contributed by atoms with van der Waals surface area (Å²) in [5.41, 5.74) is 1.83. The average Bonchev–Trinajstić information content (AvgIpc) is 3.15. The number of nitrogens with one attached hydrogen (secondary N) is 1. The van der Waals surface area contributed by atoms with Gasteiger partial charge in [-0.15, -0.1) is 0 Å². The number of pyridine rings is 2. The number of aromatic amines is 1. The molecule has 1 atom stereocenters. The van der Waals surface area contributed by atoms with Crippen LogP contribution in [0.2, 0.25) is 5.15 Å². The molecule has 1 N–H and O–H groups in total. The number of benzene rings is 1. The van der Waals surface area contributed by atoms with Crippen molar-refractivity contribution >= 4 is 27.5 Å². The number of methoxy groups -OCH3 is 1. The van der Waals surface area contributed by atoms with Crippen molar-refractivity contribution in [3.8, 4) is 34.1 Å². The van der Waals surface area contributed by atoms with E-state index in [9.17, 15) is 8.78 Å². The lowest BCUT2D eigenvalue weighted by atomic mass is 10.1. The van der Waals surface area contributed by atoms with Gasteiger partial charge in [-0.25, -0.2) is 14.4 Å². The van der Waals surface area contributed by atoms with Crippen LogP contribution in [0.1, 0.15) is 18.7 Å². The predicted molar refractivity (Wildman–Crippen MR) is 120 cm³/mol. The largest absolute Gasteiger partial charge is 0.496 e. The molecule has 1 unspecified atom stereocenters. The van der Waals surface area contributed by atoms with E-state index in [4.69, 9.17) is 21.1 Å². The van der Waals surface area contributed by atoms with Crippen molar-refractivity contribution in [2.75, 3.05) is 7.11 Å². The summed E-state index contributed by atoms with van der Waals surface area (Å²) < 4.78 is 39.2. The standard InChI is InChI=1S/C22H16BrClF2N4O2/c1-11(19-16(25)7-13(23)10-28-19)32-14-4-5-15(17(8-14)31-2)20-21(24)30-22(29-20)12-3-6-18(26)27-9-12/h3-11H,1-2H3,(H,29,30). The molecule has 3 aromatic heterocycles. The highest BCUT2D eigenvalue weighted by molar-refractivity contribution is 9.10. The number of nitrogens with zero attached hydrogens (tertiary/aromatic N) is 3. The van der Waals surface area contributed by atoms with Crippen LogP contribution in [0, 0.1) is 11.8 Å². The van der Waals surface area contributed by atoms with Crippen molar-refractivity contribution in [2.24, 2.45) is 0 Å². The van der Waals surface area contributed by atoms with Gasteiger partial charge in [0.25, 0.3) is 0 Å². The topological polar surface area (TPSA) is 72.9 Å². The van der Waals surface area contributed by atoms with Gasteiger partial charge in [0.2, 0.25) is 5.95 Å². The molecule has 0 fully saturated rings. The smallest absolute Gasteiger partial charge is 0.212 e. The Hall–Kier alpha value is -3.04. The van der Waals surface area contributed by atoms with Crippen LogP contribution >= 0.6 is 27.5 Å². The molecule has 0 amide bonds. The van der Waals surface area contributed by atoms with E-state index in [2.05, 4.69) is 35.9 Å². The zero-order valence-corrected chi connectivity index (χ0v) is 19.2. The Morgan fingerprint density at radius 3 is 2.59 bits per heavy atom. The second-order valence-corrected chi connectivity index (χ2v) is 8.05. The number of rotatable bonds is 6. The molecule has 0 aliphatic heterocycles.